The van der Waals surface area contributed by atoms with Crippen LogP contribution in [0.15, 0.2) is 45.8 Å². The van der Waals surface area contributed by atoms with Crippen LogP contribution >= 0.6 is 0 Å². The highest BCUT2D eigenvalue weighted by atomic mass is 19.4. The first-order chi connectivity index (χ1) is 17.9. The molecule has 1 aromatic carbocycles. The molecule has 0 bridgehead atoms. The summed E-state index contributed by atoms with van der Waals surface area (Å²) in [4.78, 5) is 33.7. The molecule has 0 saturated carbocycles. The molecular weight excluding hydrogens is 505 g/mol. The number of carbonyl (C=O) groups is 1. The van der Waals surface area contributed by atoms with Gasteiger partial charge < -0.3 is 19.1 Å². The minimum absolute atomic E-state index is 0.0309. The van der Waals surface area contributed by atoms with Crippen molar-refractivity contribution in [3.63, 3.8) is 0 Å². The number of nitrogens with one attached hydrogen (secondary N) is 1. The Labute approximate surface area is 214 Å². The summed E-state index contributed by atoms with van der Waals surface area (Å²) in [7, 11) is 0. The van der Waals surface area contributed by atoms with Crippen LogP contribution < -0.4 is 5.56 Å². The van der Waals surface area contributed by atoms with E-state index in [0.717, 1.165) is 12.1 Å². The van der Waals surface area contributed by atoms with E-state index < -0.39 is 17.3 Å². The van der Waals surface area contributed by atoms with Crippen molar-refractivity contribution in [1.29, 1.82) is 0 Å². The number of hydrogen-bond acceptors (Lipinski definition) is 7. The number of ether oxygens (including phenoxy) is 1. The van der Waals surface area contributed by atoms with Crippen molar-refractivity contribution < 1.29 is 27.2 Å². The fourth-order valence-corrected chi connectivity index (χ4v) is 4.40. The van der Waals surface area contributed by atoms with Gasteiger partial charge in [0.2, 0.25) is 5.82 Å². The smallest absolute Gasteiger partial charge is 0.416 e. The molecule has 0 unspecified atom stereocenters. The normalized spacial score (nSPS) is 15.3. The highest BCUT2D eigenvalue weighted by molar-refractivity contribution is 5.72. The van der Waals surface area contributed by atoms with Crippen molar-refractivity contribution in [2.45, 2.75) is 51.3 Å². The number of H-pyrrole nitrogens is 1. The Morgan fingerprint density at radius 3 is 2.45 bits per heavy atom. The second-order valence-electron chi connectivity index (χ2n) is 10.1. The van der Waals surface area contributed by atoms with Gasteiger partial charge in [-0.25, -0.2) is 9.31 Å². The Morgan fingerprint density at radius 2 is 1.82 bits per heavy atom. The monoisotopic (exact) mass is 530 g/mol. The minimum atomic E-state index is -4.45. The summed E-state index contributed by atoms with van der Waals surface area (Å²) in [5, 5.41) is 8.30. The predicted octanol–water partition coefficient (Wildman–Crippen LogP) is 4.87. The number of piperidine rings is 1. The third-order valence-corrected chi connectivity index (χ3v) is 6.23. The van der Waals surface area contributed by atoms with Crippen molar-refractivity contribution in [3.8, 4) is 22.8 Å². The van der Waals surface area contributed by atoms with Crippen LogP contribution in [0.25, 0.3) is 28.5 Å². The average molecular weight is 531 g/mol. The summed E-state index contributed by atoms with van der Waals surface area (Å²) in [6, 6.07) is 5.89. The lowest BCUT2D eigenvalue weighted by Crippen LogP contribution is -2.41. The zero-order chi connectivity index (χ0) is 27.2. The molecule has 4 heterocycles. The van der Waals surface area contributed by atoms with E-state index in [0.29, 0.717) is 48.4 Å². The Bertz CT molecular complexity index is 1520. The summed E-state index contributed by atoms with van der Waals surface area (Å²) in [5.41, 5.74) is 0.0440. The number of hydrogen-bond donors (Lipinski definition) is 1. The summed E-state index contributed by atoms with van der Waals surface area (Å²) in [5.74, 6) is 0.125. The third kappa shape index (κ3) is 5.13. The van der Waals surface area contributed by atoms with Gasteiger partial charge in [0.1, 0.15) is 16.8 Å². The molecule has 200 valence electrons. The molecule has 1 amide bonds. The Kier molecular flexibility index (Phi) is 6.24. The molecule has 0 radical (unpaired) electrons. The van der Waals surface area contributed by atoms with Gasteiger partial charge >= 0.3 is 12.3 Å². The molecule has 1 saturated heterocycles. The van der Waals surface area contributed by atoms with E-state index in [1.165, 1.54) is 24.4 Å². The van der Waals surface area contributed by atoms with Crippen LogP contribution in [0.5, 0.6) is 0 Å². The van der Waals surface area contributed by atoms with Gasteiger partial charge in [-0.2, -0.15) is 23.3 Å². The number of likely N-dealkylation sites (tertiary alicyclic amines) is 1. The number of aromatic amines is 1. The van der Waals surface area contributed by atoms with Crippen LogP contribution in [0.3, 0.4) is 0 Å². The zero-order valence-corrected chi connectivity index (χ0v) is 20.9. The number of fused-ring (bicyclic) bond motifs is 1. The number of carbonyl (C=O) groups excluding carboxylic acids is 1. The molecule has 1 fully saturated rings. The van der Waals surface area contributed by atoms with E-state index in [4.69, 9.17) is 9.26 Å². The fraction of sp³-hybridized carbons (Fsp3) is 0.400. The molecule has 13 heteroatoms. The van der Waals surface area contributed by atoms with Gasteiger partial charge in [-0.3, -0.25) is 4.79 Å². The van der Waals surface area contributed by atoms with Crippen molar-refractivity contribution in [3.05, 3.63) is 58.1 Å². The number of benzene rings is 1. The molecule has 4 aromatic rings. The first kappa shape index (κ1) is 25.5. The Balaban J connectivity index is 1.38. The lowest BCUT2D eigenvalue weighted by atomic mass is 9.93. The van der Waals surface area contributed by atoms with Crippen molar-refractivity contribution in [1.82, 2.24) is 29.6 Å². The number of alkyl halides is 3. The van der Waals surface area contributed by atoms with Crippen molar-refractivity contribution in [2.75, 3.05) is 13.1 Å². The van der Waals surface area contributed by atoms with E-state index in [-0.39, 0.29) is 29.3 Å². The van der Waals surface area contributed by atoms with Crippen molar-refractivity contribution in [2.24, 2.45) is 0 Å². The lowest BCUT2D eigenvalue weighted by molar-refractivity contribution is -0.137. The molecule has 0 spiro atoms. The molecule has 10 nitrogen and oxygen atoms in total. The topological polar surface area (TPSA) is 119 Å². The van der Waals surface area contributed by atoms with Gasteiger partial charge in [0.25, 0.3) is 11.4 Å². The zero-order valence-electron chi connectivity index (χ0n) is 20.9. The molecular formula is C25H25F3N6O4. The minimum Gasteiger partial charge on any atom is -0.444 e. The van der Waals surface area contributed by atoms with Gasteiger partial charge in [-0.05, 0) is 45.7 Å². The van der Waals surface area contributed by atoms with E-state index in [2.05, 4.69) is 20.2 Å². The SMILES string of the molecule is CC(C)(C)OC(=O)N1CCC(c2cc(=O)[nH]c3c(-c4nc(-c5ccc(C(F)(F)F)cc5)no4)cnn23)CC1. The van der Waals surface area contributed by atoms with Gasteiger partial charge in [0.15, 0.2) is 0 Å². The second-order valence-corrected chi connectivity index (χ2v) is 10.1. The third-order valence-electron chi connectivity index (χ3n) is 6.23. The van der Waals surface area contributed by atoms with E-state index >= 15 is 0 Å². The maximum Gasteiger partial charge on any atom is 0.416 e. The molecule has 1 aliphatic heterocycles. The lowest BCUT2D eigenvalue weighted by Gasteiger charge is -2.33. The maximum atomic E-state index is 12.9. The summed E-state index contributed by atoms with van der Waals surface area (Å²) < 4.78 is 51.0. The van der Waals surface area contributed by atoms with E-state index in [9.17, 15) is 22.8 Å². The van der Waals surface area contributed by atoms with Crippen LogP contribution in [0.2, 0.25) is 0 Å². The number of nitrogens with zero attached hydrogens (tertiary/aromatic N) is 5. The first-order valence-electron chi connectivity index (χ1n) is 12.0. The van der Waals surface area contributed by atoms with Crippen molar-refractivity contribution >= 4 is 11.7 Å². The van der Waals surface area contributed by atoms with E-state index in [1.54, 1.807) is 9.42 Å². The summed E-state index contributed by atoms with van der Waals surface area (Å²) in [6.07, 6.45) is -2.10. The van der Waals surface area contributed by atoms with Crippen LogP contribution in [-0.4, -0.2) is 54.4 Å². The highest BCUT2D eigenvalue weighted by Crippen LogP contribution is 2.32. The van der Waals surface area contributed by atoms with E-state index in [1.807, 2.05) is 20.8 Å². The summed E-state index contributed by atoms with van der Waals surface area (Å²) >= 11 is 0. The van der Waals surface area contributed by atoms with Crippen LogP contribution in [-0.2, 0) is 10.9 Å². The largest absolute Gasteiger partial charge is 0.444 e. The quantitative estimate of drug-likeness (QED) is 0.401. The highest BCUT2D eigenvalue weighted by Gasteiger charge is 2.31. The average Bonchev–Trinajstić information content (AvgIpc) is 3.49. The fourth-order valence-electron chi connectivity index (χ4n) is 4.40. The Hall–Kier alpha value is -4.16. The van der Waals surface area contributed by atoms with Crippen LogP contribution in [0.4, 0.5) is 18.0 Å². The molecule has 5 rings (SSSR count). The number of amides is 1. The number of halogens is 3. The first-order valence-corrected chi connectivity index (χ1v) is 12.0. The molecule has 3 aromatic heterocycles. The van der Waals surface area contributed by atoms with Gasteiger partial charge in [-0.1, -0.05) is 17.3 Å². The molecule has 1 aliphatic rings. The molecule has 38 heavy (non-hydrogen) atoms. The summed E-state index contributed by atoms with van der Waals surface area (Å²) in [6.45, 7) is 6.39. The standard InChI is InChI=1S/C25H25F3N6O4/c1-24(2,3)37-23(36)33-10-8-14(9-11-33)18-12-19(35)30-21-17(13-29-34(18)21)22-31-20(32-38-22)15-4-6-16(7-5-15)25(26,27)28/h4-7,12-14H,8-11H2,1-3H3,(H,30,35). The van der Waals surface area contributed by atoms with Gasteiger partial charge in [-0.15, -0.1) is 0 Å². The van der Waals surface area contributed by atoms with Crippen LogP contribution in [0.1, 0.15) is 50.8 Å². The van der Waals surface area contributed by atoms with Gasteiger partial charge in [0.05, 0.1) is 17.5 Å². The van der Waals surface area contributed by atoms with Crippen LogP contribution in [0, 0.1) is 0 Å². The molecule has 1 N–H and O–H groups in total. The predicted molar refractivity (Wildman–Crippen MR) is 129 cm³/mol. The van der Waals surface area contributed by atoms with Gasteiger partial charge in [0, 0.05) is 30.6 Å². The Morgan fingerprint density at radius 1 is 1.13 bits per heavy atom. The second kappa shape index (κ2) is 9.30. The molecule has 0 atom stereocenters. The maximum absolute atomic E-state index is 12.9. The molecule has 0 aliphatic carbocycles. The number of aromatic nitrogens is 5. The number of rotatable bonds is 3.